The molecule has 4 aromatic carbocycles. The maximum absolute atomic E-state index is 14.4. The molecule has 0 bridgehead atoms. The molecule has 0 aliphatic carbocycles. The van der Waals surface area contributed by atoms with Gasteiger partial charge in [0.15, 0.2) is 0 Å². The van der Waals surface area contributed by atoms with E-state index in [1.165, 1.54) is 29.2 Å². The summed E-state index contributed by atoms with van der Waals surface area (Å²) in [5, 5.41) is 3.85. The van der Waals surface area contributed by atoms with Gasteiger partial charge in [0.25, 0.3) is 10.0 Å². The van der Waals surface area contributed by atoms with E-state index in [0.717, 1.165) is 15.4 Å². The van der Waals surface area contributed by atoms with Crippen molar-refractivity contribution in [3.05, 3.63) is 129 Å². The van der Waals surface area contributed by atoms with Crippen LogP contribution in [0, 0.1) is 6.92 Å². The molecule has 0 heterocycles. The molecule has 1 N–H and O–H groups in total. The van der Waals surface area contributed by atoms with Gasteiger partial charge in [-0.3, -0.25) is 13.9 Å². The van der Waals surface area contributed by atoms with Crippen LogP contribution in [-0.2, 0) is 32.6 Å². The molecule has 4 aromatic rings. The minimum Gasteiger partial charge on any atom is -0.355 e. The van der Waals surface area contributed by atoms with Crippen LogP contribution < -0.4 is 9.62 Å². The van der Waals surface area contributed by atoms with Gasteiger partial charge in [-0.2, -0.15) is 0 Å². The zero-order valence-corrected chi connectivity index (χ0v) is 27.3. The van der Waals surface area contributed by atoms with E-state index in [0.29, 0.717) is 32.9 Å². The van der Waals surface area contributed by atoms with E-state index in [9.17, 15) is 18.0 Å². The predicted molar refractivity (Wildman–Crippen MR) is 177 cm³/mol. The number of hydrogen-bond acceptors (Lipinski definition) is 4. The second-order valence-electron chi connectivity index (χ2n) is 10.2. The molecular formula is C33H32Cl3N3O4S. The summed E-state index contributed by atoms with van der Waals surface area (Å²) in [6, 6.07) is 25.9. The van der Waals surface area contributed by atoms with E-state index < -0.39 is 28.5 Å². The molecule has 11 heteroatoms. The van der Waals surface area contributed by atoms with Crippen LogP contribution in [0.1, 0.15) is 23.6 Å². The van der Waals surface area contributed by atoms with Gasteiger partial charge in [-0.05, 0) is 73.5 Å². The van der Waals surface area contributed by atoms with Crippen LogP contribution in [0.4, 0.5) is 5.69 Å². The number of carbonyl (C=O) groups is 2. The van der Waals surface area contributed by atoms with Crippen LogP contribution in [0.2, 0.25) is 15.1 Å². The smallest absolute Gasteiger partial charge is 0.264 e. The fourth-order valence-electron chi connectivity index (χ4n) is 4.65. The maximum Gasteiger partial charge on any atom is 0.264 e. The largest absolute Gasteiger partial charge is 0.355 e. The van der Waals surface area contributed by atoms with E-state index in [1.54, 1.807) is 49.4 Å². The van der Waals surface area contributed by atoms with Gasteiger partial charge < -0.3 is 10.2 Å². The second-order valence-corrected chi connectivity index (χ2v) is 13.3. The lowest BCUT2D eigenvalue weighted by Crippen LogP contribution is -2.53. The highest BCUT2D eigenvalue weighted by Gasteiger charge is 2.34. The molecule has 230 valence electrons. The van der Waals surface area contributed by atoms with Crippen molar-refractivity contribution in [2.75, 3.05) is 17.4 Å². The number of likely N-dealkylation sites (N-methyl/N-ethyl adjacent to an activating group) is 1. The number of sulfonamides is 1. The number of rotatable bonds is 12. The van der Waals surface area contributed by atoms with Gasteiger partial charge in [-0.15, -0.1) is 0 Å². The minimum atomic E-state index is -4.22. The van der Waals surface area contributed by atoms with Crippen molar-refractivity contribution in [1.29, 1.82) is 0 Å². The third-order valence-corrected chi connectivity index (χ3v) is 9.74. The first-order chi connectivity index (χ1) is 21.0. The van der Waals surface area contributed by atoms with Gasteiger partial charge in [0.05, 0.1) is 20.6 Å². The Morgan fingerprint density at radius 3 is 2.09 bits per heavy atom. The molecule has 0 aliphatic rings. The van der Waals surface area contributed by atoms with E-state index in [1.807, 2.05) is 37.3 Å². The number of amides is 2. The van der Waals surface area contributed by atoms with Crippen molar-refractivity contribution in [2.45, 2.75) is 37.8 Å². The number of benzene rings is 4. The maximum atomic E-state index is 14.4. The first kappa shape index (κ1) is 33.3. The minimum absolute atomic E-state index is 0.0207. The van der Waals surface area contributed by atoms with Crippen LogP contribution in [0.5, 0.6) is 0 Å². The molecule has 0 aromatic heterocycles. The van der Waals surface area contributed by atoms with Crippen LogP contribution in [-0.4, -0.2) is 44.3 Å². The van der Waals surface area contributed by atoms with Gasteiger partial charge in [-0.25, -0.2) is 8.42 Å². The van der Waals surface area contributed by atoms with Crippen molar-refractivity contribution in [3.8, 4) is 0 Å². The Labute approximate surface area is 273 Å². The molecule has 44 heavy (non-hydrogen) atoms. The molecule has 0 unspecified atom stereocenters. The Balaban J connectivity index is 1.80. The molecule has 0 saturated carbocycles. The summed E-state index contributed by atoms with van der Waals surface area (Å²) in [6.07, 6.45) is 0.203. The molecule has 0 aliphatic heterocycles. The fourth-order valence-corrected chi connectivity index (χ4v) is 6.52. The molecule has 2 amide bonds. The summed E-state index contributed by atoms with van der Waals surface area (Å²) < 4.78 is 29.1. The lowest BCUT2D eigenvalue weighted by atomic mass is 10.0. The number of aryl methyl sites for hydroxylation is 1. The van der Waals surface area contributed by atoms with Crippen molar-refractivity contribution >= 4 is 62.3 Å². The zero-order valence-electron chi connectivity index (χ0n) is 24.2. The summed E-state index contributed by atoms with van der Waals surface area (Å²) in [6.45, 7) is 3.43. The van der Waals surface area contributed by atoms with Crippen molar-refractivity contribution < 1.29 is 18.0 Å². The Bertz CT molecular complexity index is 1700. The average Bonchev–Trinajstić information content (AvgIpc) is 3.00. The predicted octanol–water partition coefficient (Wildman–Crippen LogP) is 6.93. The molecule has 0 fully saturated rings. The van der Waals surface area contributed by atoms with Crippen LogP contribution >= 0.6 is 34.8 Å². The summed E-state index contributed by atoms with van der Waals surface area (Å²) in [5.41, 5.74) is 2.67. The van der Waals surface area contributed by atoms with E-state index in [4.69, 9.17) is 34.8 Å². The summed E-state index contributed by atoms with van der Waals surface area (Å²) in [4.78, 5) is 29.3. The SMILES string of the molecule is CCNC(=O)[C@H](Cc1ccccc1)N(Cc1ccc(Cl)c(Cl)c1)C(=O)CN(c1ccc(C)cc1)S(=O)(=O)c1ccc(Cl)cc1. The second kappa shape index (κ2) is 14.9. The number of carbonyl (C=O) groups excluding carboxylic acids is 2. The van der Waals surface area contributed by atoms with Gasteiger partial charge in [0, 0.05) is 24.5 Å². The zero-order chi connectivity index (χ0) is 31.9. The normalized spacial score (nSPS) is 11.9. The highest BCUT2D eigenvalue weighted by atomic mass is 35.5. The highest BCUT2D eigenvalue weighted by molar-refractivity contribution is 7.92. The lowest BCUT2D eigenvalue weighted by molar-refractivity contribution is -0.140. The van der Waals surface area contributed by atoms with E-state index >= 15 is 0 Å². The standard InChI is InChI=1S/C33H32Cl3N3O4S/c1-3-37-33(41)31(20-24-7-5-4-6-8-24)38(21-25-11-18-29(35)30(36)19-25)32(40)22-39(27-14-9-23(2)10-15-27)44(42,43)28-16-12-26(34)13-17-28/h4-19,31H,3,20-22H2,1-2H3,(H,37,41)/t31-/m0/s1. The number of hydrogen-bond donors (Lipinski definition) is 1. The lowest BCUT2D eigenvalue weighted by Gasteiger charge is -2.34. The monoisotopic (exact) mass is 671 g/mol. The summed E-state index contributed by atoms with van der Waals surface area (Å²) >= 11 is 18.5. The Kier molecular flexibility index (Phi) is 11.3. The van der Waals surface area contributed by atoms with Gasteiger partial charge in [-0.1, -0.05) is 88.9 Å². The third kappa shape index (κ3) is 8.33. The summed E-state index contributed by atoms with van der Waals surface area (Å²) in [5.74, 6) is -0.950. The quantitative estimate of drug-likeness (QED) is 0.177. The first-order valence-corrected chi connectivity index (χ1v) is 16.5. The number of nitrogens with one attached hydrogen (secondary N) is 1. The number of nitrogens with zero attached hydrogens (tertiary/aromatic N) is 2. The number of halogens is 3. The fraction of sp³-hybridized carbons (Fsp3) is 0.212. The van der Waals surface area contributed by atoms with Crippen LogP contribution in [0.3, 0.4) is 0 Å². The van der Waals surface area contributed by atoms with Crippen molar-refractivity contribution in [3.63, 3.8) is 0 Å². The molecule has 4 rings (SSSR count). The van der Waals surface area contributed by atoms with Crippen molar-refractivity contribution in [2.24, 2.45) is 0 Å². The van der Waals surface area contributed by atoms with E-state index in [2.05, 4.69) is 5.32 Å². The van der Waals surface area contributed by atoms with Gasteiger partial charge in [0.2, 0.25) is 11.8 Å². The van der Waals surface area contributed by atoms with Gasteiger partial charge >= 0.3 is 0 Å². The van der Waals surface area contributed by atoms with Gasteiger partial charge in [0.1, 0.15) is 12.6 Å². The highest BCUT2D eigenvalue weighted by Crippen LogP contribution is 2.27. The average molecular weight is 673 g/mol. The van der Waals surface area contributed by atoms with Crippen LogP contribution in [0.15, 0.2) is 102 Å². The van der Waals surface area contributed by atoms with E-state index in [-0.39, 0.29) is 23.8 Å². The molecule has 0 spiro atoms. The molecule has 7 nitrogen and oxygen atoms in total. The Morgan fingerprint density at radius 1 is 0.818 bits per heavy atom. The molecule has 1 atom stereocenters. The molecule has 0 saturated heterocycles. The molecular weight excluding hydrogens is 641 g/mol. The Hall–Kier alpha value is -3.56. The Morgan fingerprint density at radius 2 is 1.48 bits per heavy atom. The van der Waals surface area contributed by atoms with Crippen LogP contribution in [0.25, 0.3) is 0 Å². The first-order valence-electron chi connectivity index (χ1n) is 13.9. The topological polar surface area (TPSA) is 86.8 Å². The van der Waals surface area contributed by atoms with Crippen molar-refractivity contribution in [1.82, 2.24) is 10.2 Å². The third-order valence-electron chi connectivity index (χ3n) is 6.96. The summed E-state index contributed by atoms with van der Waals surface area (Å²) in [7, 11) is -4.22. The molecule has 0 radical (unpaired) electrons. The number of anilines is 1.